The number of hydrogen-bond donors (Lipinski definition) is 1. The summed E-state index contributed by atoms with van der Waals surface area (Å²) in [5.41, 5.74) is 3.19. The standard InChI is InChI=1S/C22H30N2O/c25-22(24-14-10-5-3-1-2-4-6-11-15-24)21-18-23-17-20(21)16-19-12-8-7-9-13-19/h7-9,12-13,17-18,23H,1-6,10-11,14-16H2. The summed E-state index contributed by atoms with van der Waals surface area (Å²) in [4.78, 5) is 18.4. The SMILES string of the molecule is O=C(c1c[nH]cc1Cc1ccccc1)N1CCCCCCCCCC1. The van der Waals surface area contributed by atoms with Crippen molar-refractivity contribution >= 4 is 5.91 Å². The number of aromatic nitrogens is 1. The lowest BCUT2D eigenvalue weighted by Crippen LogP contribution is -2.33. The fourth-order valence-corrected chi connectivity index (χ4v) is 3.71. The molecule has 0 unspecified atom stereocenters. The predicted molar refractivity (Wildman–Crippen MR) is 103 cm³/mol. The summed E-state index contributed by atoms with van der Waals surface area (Å²) < 4.78 is 0. The third-order valence-corrected chi connectivity index (χ3v) is 5.19. The third kappa shape index (κ3) is 5.22. The molecule has 1 aliphatic heterocycles. The molecule has 1 aliphatic rings. The van der Waals surface area contributed by atoms with Crippen LogP contribution in [-0.4, -0.2) is 28.9 Å². The molecule has 1 N–H and O–H groups in total. The molecule has 2 heterocycles. The van der Waals surface area contributed by atoms with Gasteiger partial charge < -0.3 is 9.88 Å². The molecular weight excluding hydrogens is 308 g/mol. The second-order valence-corrected chi connectivity index (χ2v) is 7.18. The molecule has 0 spiro atoms. The van der Waals surface area contributed by atoms with Gasteiger partial charge in [-0.3, -0.25) is 4.79 Å². The summed E-state index contributed by atoms with van der Waals surface area (Å²) in [6.45, 7) is 1.80. The number of carbonyl (C=O) groups excluding carboxylic acids is 1. The normalized spacial score (nSPS) is 17.0. The van der Waals surface area contributed by atoms with Gasteiger partial charge in [0.05, 0.1) is 5.56 Å². The summed E-state index contributed by atoms with van der Waals surface area (Å²) in [5.74, 6) is 0.200. The monoisotopic (exact) mass is 338 g/mol. The Hall–Kier alpha value is -2.03. The van der Waals surface area contributed by atoms with E-state index in [9.17, 15) is 4.79 Å². The van der Waals surface area contributed by atoms with Crippen molar-refractivity contribution in [2.24, 2.45) is 0 Å². The van der Waals surface area contributed by atoms with Crippen LogP contribution in [0.15, 0.2) is 42.7 Å². The van der Waals surface area contributed by atoms with E-state index in [0.717, 1.165) is 43.5 Å². The average molecular weight is 338 g/mol. The Morgan fingerprint density at radius 2 is 1.44 bits per heavy atom. The first-order valence-corrected chi connectivity index (χ1v) is 9.83. The van der Waals surface area contributed by atoms with Crippen molar-refractivity contribution in [2.45, 2.75) is 57.8 Å². The minimum absolute atomic E-state index is 0.200. The Balaban J connectivity index is 1.69. The van der Waals surface area contributed by atoms with E-state index in [0.29, 0.717) is 0 Å². The highest BCUT2D eigenvalue weighted by molar-refractivity contribution is 5.95. The minimum atomic E-state index is 0.200. The molecule has 1 fully saturated rings. The maximum Gasteiger partial charge on any atom is 0.255 e. The van der Waals surface area contributed by atoms with Gasteiger partial charge in [0.1, 0.15) is 0 Å². The smallest absolute Gasteiger partial charge is 0.255 e. The first kappa shape index (κ1) is 17.8. The molecular formula is C22H30N2O. The minimum Gasteiger partial charge on any atom is -0.367 e. The summed E-state index contributed by atoms with van der Waals surface area (Å²) in [6, 6.07) is 10.4. The Labute approximate surface area is 151 Å². The van der Waals surface area contributed by atoms with E-state index in [2.05, 4.69) is 34.1 Å². The second kappa shape index (κ2) is 9.45. The number of rotatable bonds is 3. The van der Waals surface area contributed by atoms with Gasteiger partial charge in [-0.1, -0.05) is 68.9 Å². The number of carbonyl (C=O) groups is 1. The first-order valence-electron chi connectivity index (χ1n) is 9.83. The van der Waals surface area contributed by atoms with Crippen molar-refractivity contribution in [3.05, 3.63) is 59.4 Å². The zero-order valence-corrected chi connectivity index (χ0v) is 15.2. The second-order valence-electron chi connectivity index (χ2n) is 7.18. The molecule has 3 rings (SSSR count). The molecule has 1 saturated heterocycles. The van der Waals surface area contributed by atoms with Gasteiger partial charge in [0.2, 0.25) is 0 Å². The van der Waals surface area contributed by atoms with Crippen molar-refractivity contribution in [3.8, 4) is 0 Å². The van der Waals surface area contributed by atoms with Gasteiger partial charge in [-0.2, -0.15) is 0 Å². The molecule has 0 aliphatic carbocycles. The van der Waals surface area contributed by atoms with Crippen LogP contribution in [0.25, 0.3) is 0 Å². The molecule has 1 aromatic heterocycles. The van der Waals surface area contributed by atoms with Crippen molar-refractivity contribution in [2.75, 3.05) is 13.1 Å². The van der Waals surface area contributed by atoms with Crippen molar-refractivity contribution < 1.29 is 4.79 Å². The zero-order valence-electron chi connectivity index (χ0n) is 15.2. The van der Waals surface area contributed by atoms with E-state index < -0.39 is 0 Å². The number of benzene rings is 1. The van der Waals surface area contributed by atoms with Crippen LogP contribution in [0.1, 0.15) is 72.9 Å². The van der Waals surface area contributed by atoms with Gasteiger partial charge >= 0.3 is 0 Å². The van der Waals surface area contributed by atoms with E-state index >= 15 is 0 Å². The topological polar surface area (TPSA) is 36.1 Å². The Bertz CT molecular complexity index is 635. The Morgan fingerprint density at radius 1 is 0.840 bits per heavy atom. The zero-order chi connectivity index (χ0) is 17.3. The molecule has 25 heavy (non-hydrogen) atoms. The lowest BCUT2D eigenvalue weighted by molar-refractivity contribution is 0.0749. The van der Waals surface area contributed by atoms with E-state index in [1.54, 1.807) is 0 Å². The molecule has 0 bridgehead atoms. The van der Waals surface area contributed by atoms with Crippen molar-refractivity contribution in [3.63, 3.8) is 0 Å². The van der Waals surface area contributed by atoms with Crippen LogP contribution in [-0.2, 0) is 6.42 Å². The summed E-state index contributed by atoms with van der Waals surface area (Å²) in [6.07, 6.45) is 14.7. The van der Waals surface area contributed by atoms with Crippen LogP contribution in [0.3, 0.4) is 0 Å². The van der Waals surface area contributed by atoms with E-state index in [-0.39, 0.29) is 5.91 Å². The summed E-state index contributed by atoms with van der Waals surface area (Å²) in [5, 5.41) is 0. The average Bonchev–Trinajstić information content (AvgIpc) is 3.06. The van der Waals surface area contributed by atoms with E-state index in [4.69, 9.17) is 0 Å². The van der Waals surface area contributed by atoms with Crippen LogP contribution < -0.4 is 0 Å². The van der Waals surface area contributed by atoms with Gasteiger partial charge in [0, 0.05) is 25.5 Å². The first-order chi connectivity index (χ1) is 12.3. The van der Waals surface area contributed by atoms with E-state index in [1.165, 1.54) is 44.1 Å². The number of aromatic amines is 1. The molecule has 1 amide bonds. The van der Waals surface area contributed by atoms with Crippen molar-refractivity contribution in [1.29, 1.82) is 0 Å². The van der Waals surface area contributed by atoms with Crippen LogP contribution in [0.2, 0.25) is 0 Å². The van der Waals surface area contributed by atoms with Gasteiger partial charge in [0.25, 0.3) is 5.91 Å². The molecule has 134 valence electrons. The summed E-state index contributed by atoms with van der Waals surface area (Å²) in [7, 11) is 0. The lowest BCUT2D eigenvalue weighted by atomic mass is 10.0. The Kier molecular flexibility index (Phi) is 6.72. The molecule has 1 aromatic carbocycles. The predicted octanol–water partition coefficient (Wildman–Crippen LogP) is 5.18. The van der Waals surface area contributed by atoms with E-state index in [1.807, 2.05) is 18.5 Å². The number of nitrogens with one attached hydrogen (secondary N) is 1. The Morgan fingerprint density at radius 3 is 2.08 bits per heavy atom. The fourth-order valence-electron chi connectivity index (χ4n) is 3.71. The number of hydrogen-bond acceptors (Lipinski definition) is 1. The highest BCUT2D eigenvalue weighted by Crippen LogP contribution is 2.18. The summed E-state index contributed by atoms with van der Waals surface area (Å²) >= 11 is 0. The highest BCUT2D eigenvalue weighted by atomic mass is 16.2. The third-order valence-electron chi connectivity index (χ3n) is 5.19. The molecule has 0 saturated carbocycles. The van der Waals surface area contributed by atoms with Crippen LogP contribution in [0.4, 0.5) is 0 Å². The number of nitrogens with zero attached hydrogens (tertiary/aromatic N) is 1. The molecule has 2 aromatic rings. The molecule has 0 atom stereocenters. The fraction of sp³-hybridized carbons (Fsp3) is 0.500. The quantitative estimate of drug-likeness (QED) is 0.822. The van der Waals surface area contributed by atoms with Crippen LogP contribution in [0.5, 0.6) is 0 Å². The maximum atomic E-state index is 13.1. The van der Waals surface area contributed by atoms with Gasteiger partial charge in [-0.15, -0.1) is 0 Å². The lowest BCUT2D eigenvalue weighted by Gasteiger charge is -2.23. The van der Waals surface area contributed by atoms with Gasteiger partial charge in [-0.25, -0.2) is 0 Å². The number of H-pyrrole nitrogens is 1. The van der Waals surface area contributed by atoms with Gasteiger partial charge in [0.15, 0.2) is 0 Å². The van der Waals surface area contributed by atoms with Crippen LogP contribution >= 0.6 is 0 Å². The van der Waals surface area contributed by atoms with Crippen molar-refractivity contribution in [1.82, 2.24) is 9.88 Å². The van der Waals surface area contributed by atoms with Gasteiger partial charge in [-0.05, 0) is 30.4 Å². The highest BCUT2D eigenvalue weighted by Gasteiger charge is 2.19. The van der Waals surface area contributed by atoms with Crippen LogP contribution in [0, 0.1) is 0 Å². The molecule has 3 nitrogen and oxygen atoms in total. The molecule has 0 radical (unpaired) electrons. The molecule has 3 heteroatoms. The largest absolute Gasteiger partial charge is 0.367 e. The number of amides is 1. The maximum absolute atomic E-state index is 13.1.